The van der Waals surface area contributed by atoms with Crippen LogP contribution in [0.25, 0.3) is 0 Å². The third kappa shape index (κ3) is 6.39. The monoisotopic (exact) mass is 400 g/mol. The molecule has 1 amide bonds. The summed E-state index contributed by atoms with van der Waals surface area (Å²) in [5.41, 5.74) is 1.42. The van der Waals surface area contributed by atoms with Crippen molar-refractivity contribution in [2.45, 2.75) is 40.0 Å². The third-order valence-electron chi connectivity index (χ3n) is 4.03. The summed E-state index contributed by atoms with van der Waals surface area (Å²) < 4.78 is 10.5. The van der Waals surface area contributed by atoms with Crippen LogP contribution in [0, 0.1) is 10.1 Å². The summed E-state index contributed by atoms with van der Waals surface area (Å²) in [5, 5.41) is 13.9. The number of nitrogens with one attached hydrogen (secondary N) is 1. The molecule has 0 aliphatic heterocycles. The second-order valence-electron chi connectivity index (χ2n) is 6.56. The molecule has 29 heavy (non-hydrogen) atoms. The number of ether oxygens (including phenoxy) is 2. The van der Waals surface area contributed by atoms with E-state index in [9.17, 15) is 19.7 Å². The van der Waals surface area contributed by atoms with E-state index in [1.807, 2.05) is 38.1 Å². The van der Waals surface area contributed by atoms with Gasteiger partial charge >= 0.3 is 5.97 Å². The van der Waals surface area contributed by atoms with Crippen molar-refractivity contribution in [1.29, 1.82) is 0 Å². The molecule has 0 unspecified atom stereocenters. The smallest absolute Gasteiger partial charge is 0.338 e. The zero-order valence-electron chi connectivity index (χ0n) is 16.6. The third-order valence-corrected chi connectivity index (χ3v) is 4.03. The first-order valence-corrected chi connectivity index (χ1v) is 9.25. The Kier molecular flexibility index (Phi) is 7.85. The van der Waals surface area contributed by atoms with E-state index in [1.165, 1.54) is 6.07 Å². The van der Waals surface area contributed by atoms with Gasteiger partial charge in [-0.05, 0) is 38.0 Å². The first-order chi connectivity index (χ1) is 13.8. The number of nitrogens with zero attached hydrogens (tertiary/aromatic N) is 1. The quantitative estimate of drug-likeness (QED) is 0.391. The lowest BCUT2D eigenvalue weighted by molar-refractivity contribution is -0.384. The Hall–Kier alpha value is -3.26. The van der Waals surface area contributed by atoms with Gasteiger partial charge in [0, 0.05) is 24.2 Å². The first kappa shape index (κ1) is 22.0. The fourth-order valence-corrected chi connectivity index (χ4v) is 2.58. The number of benzene rings is 2. The van der Waals surface area contributed by atoms with Crippen LogP contribution in [0.5, 0.6) is 0 Å². The molecule has 0 atom stereocenters. The van der Waals surface area contributed by atoms with Gasteiger partial charge in [0.25, 0.3) is 11.6 Å². The Morgan fingerprint density at radius 3 is 2.38 bits per heavy atom. The Bertz CT molecular complexity index is 894. The van der Waals surface area contributed by atoms with Crippen LogP contribution in [-0.2, 0) is 22.6 Å². The Morgan fingerprint density at radius 2 is 1.76 bits per heavy atom. The number of nitro benzene ring substituents is 1. The van der Waals surface area contributed by atoms with Gasteiger partial charge in [0.05, 0.1) is 29.8 Å². The van der Waals surface area contributed by atoms with E-state index in [0.29, 0.717) is 6.61 Å². The van der Waals surface area contributed by atoms with E-state index in [0.717, 1.165) is 23.3 Å². The second-order valence-corrected chi connectivity index (χ2v) is 6.56. The molecule has 8 heteroatoms. The van der Waals surface area contributed by atoms with Gasteiger partial charge < -0.3 is 14.8 Å². The zero-order valence-corrected chi connectivity index (χ0v) is 16.6. The van der Waals surface area contributed by atoms with Crippen molar-refractivity contribution in [2.24, 2.45) is 0 Å². The highest BCUT2D eigenvalue weighted by atomic mass is 16.6. The van der Waals surface area contributed by atoms with Gasteiger partial charge in [-0.15, -0.1) is 0 Å². The van der Waals surface area contributed by atoms with Gasteiger partial charge in [-0.2, -0.15) is 0 Å². The minimum atomic E-state index is -0.721. The standard InChI is InChI=1S/C21H24N2O6/c1-4-28-21(25)18-9-17(10-19(11-18)23(26)27)20(24)22-12-15-7-5-6-8-16(15)13-29-14(2)3/h5-11,14H,4,12-13H2,1-3H3,(H,22,24). The summed E-state index contributed by atoms with van der Waals surface area (Å²) >= 11 is 0. The Morgan fingerprint density at radius 1 is 1.10 bits per heavy atom. The van der Waals surface area contributed by atoms with Crippen LogP contribution in [0.15, 0.2) is 42.5 Å². The molecular weight excluding hydrogens is 376 g/mol. The van der Waals surface area contributed by atoms with Crippen molar-refractivity contribution in [1.82, 2.24) is 5.32 Å². The van der Waals surface area contributed by atoms with E-state index in [4.69, 9.17) is 9.47 Å². The highest BCUT2D eigenvalue weighted by molar-refractivity contribution is 5.99. The fourth-order valence-electron chi connectivity index (χ4n) is 2.58. The van der Waals surface area contributed by atoms with Gasteiger partial charge in [0.15, 0.2) is 0 Å². The van der Waals surface area contributed by atoms with Crippen molar-refractivity contribution in [2.75, 3.05) is 6.61 Å². The highest BCUT2D eigenvalue weighted by Crippen LogP contribution is 2.19. The molecule has 0 saturated carbocycles. The van der Waals surface area contributed by atoms with Crippen LogP contribution in [0.2, 0.25) is 0 Å². The number of carbonyl (C=O) groups is 2. The van der Waals surface area contributed by atoms with Crippen molar-refractivity contribution >= 4 is 17.6 Å². The van der Waals surface area contributed by atoms with Crippen LogP contribution >= 0.6 is 0 Å². The van der Waals surface area contributed by atoms with Gasteiger partial charge in [0.2, 0.25) is 0 Å². The average molecular weight is 400 g/mol. The highest BCUT2D eigenvalue weighted by Gasteiger charge is 2.19. The minimum Gasteiger partial charge on any atom is -0.462 e. The summed E-state index contributed by atoms with van der Waals surface area (Å²) in [5.74, 6) is -1.25. The molecule has 0 aliphatic carbocycles. The topological polar surface area (TPSA) is 108 Å². The van der Waals surface area contributed by atoms with Crippen LogP contribution in [0.3, 0.4) is 0 Å². The van der Waals surface area contributed by atoms with E-state index < -0.39 is 16.8 Å². The van der Waals surface area contributed by atoms with Crippen molar-refractivity contribution in [3.63, 3.8) is 0 Å². The molecule has 0 heterocycles. The SMILES string of the molecule is CCOC(=O)c1cc(C(=O)NCc2ccccc2COC(C)C)cc([N+](=O)[O-])c1. The number of non-ortho nitro benzene ring substituents is 1. The lowest BCUT2D eigenvalue weighted by Crippen LogP contribution is -2.24. The molecule has 0 fully saturated rings. The number of rotatable bonds is 9. The maximum atomic E-state index is 12.6. The molecule has 0 saturated heterocycles. The number of hydrogen-bond donors (Lipinski definition) is 1. The summed E-state index contributed by atoms with van der Waals surface area (Å²) in [6.07, 6.45) is 0.0730. The molecule has 0 aliphatic rings. The summed E-state index contributed by atoms with van der Waals surface area (Å²) in [4.78, 5) is 35.1. The summed E-state index contributed by atoms with van der Waals surface area (Å²) in [6.45, 7) is 6.25. The normalized spacial score (nSPS) is 10.6. The summed E-state index contributed by atoms with van der Waals surface area (Å²) in [6, 6.07) is 11.0. The molecule has 0 aromatic heterocycles. The molecule has 0 radical (unpaired) electrons. The number of esters is 1. The molecule has 154 valence electrons. The maximum Gasteiger partial charge on any atom is 0.338 e. The molecule has 8 nitrogen and oxygen atoms in total. The zero-order chi connectivity index (χ0) is 21.4. The van der Waals surface area contributed by atoms with Crippen LogP contribution in [0.4, 0.5) is 5.69 Å². The number of carbonyl (C=O) groups excluding carboxylic acids is 2. The van der Waals surface area contributed by atoms with Crippen molar-refractivity contribution < 1.29 is 24.0 Å². The van der Waals surface area contributed by atoms with Gasteiger partial charge in [-0.25, -0.2) is 4.79 Å². The summed E-state index contributed by atoms with van der Waals surface area (Å²) in [7, 11) is 0. The Labute approximate surface area is 169 Å². The van der Waals surface area contributed by atoms with E-state index >= 15 is 0 Å². The number of amides is 1. The minimum absolute atomic E-state index is 0.0122. The van der Waals surface area contributed by atoms with Crippen LogP contribution in [-0.4, -0.2) is 29.5 Å². The lowest BCUT2D eigenvalue weighted by Gasteiger charge is -2.13. The van der Waals surface area contributed by atoms with Gasteiger partial charge in [-0.3, -0.25) is 14.9 Å². The molecular formula is C21H24N2O6. The predicted octanol–water partition coefficient (Wildman–Crippen LogP) is 3.63. The van der Waals surface area contributed by atoms with E-state index in [1.54, 1.807) is 6.92 Å². The largest absolute Gasteiger partial charge is 0.462 e. The first-order valence-electron chi connectivity index (χ1n) is 9.25. The van der Waals surface area contributed by atoms with Crippen LogP contribution < -0.4 is 5.32 Å². The lowest BCUT2D eigenvalue weighted by atomic mass is 10.1. The van der Waals surface area contributed by atoms with Crippen molar-refractivity contribution in [3.8, 4) is 0 Å². The molecule has 2 aromatic carbocycles. The fraction of sp³-hybridized carbons (Fsp3) is 0.333. The molecule has 2 rings (SSSR count). The van der Waals surface area contributed by atoms with Crippen LogP contribution in [0.1, 0.15) is 52.6 Å². The maximum absolute atomic E-state index is 12.6. The van der Waals surface area contributed by atoms with Crippen molar-refractivity contribution in [3.05, 3.63) is 74.8 Å². The molecule has 1 N–H and O–H groups in total. The molecule has 2 aromatic rings. The second kappa shape index (κ2) is 10.3. The predicted molar refractivity (Wildman–Crippen MR) is 107 cm³/mol. The molecule has 0 bridgehead atoms. The average Bonchev–Trinajstić information content (AvgIpc) is 2.70. The van der Waals surface area contributed by atoms with E-state index in [-0.39, 0.29) is 36.1 Å². The molecule has 0 spiro atoms. The Balaban J connectivity index is 2.19. The van der Waals surface area contributed by atoms with Gasteiger partial charge in [-0.1, -0.05) is 24.3 Å². The van der Waals surface area contributed by atoms with Gasteiger partial charge in [0.1, 0.15) is 0 Å². The number of nitro groups is 1. The van der Waals surface area contributed by atoms with E-state index in [2.05, 4.69) is 5.32 Å². The number of hydrogen-bond acceptors (Lipinski definition) is 6.